The Morgan fingerprint density at radius 1 is 1.40 bits per heavy atom. The molecule has 1 heterocycles. The quantitative estimate of drug-likeness (QED) is 0.570. The van der Waals surface area contributed by atoms with Crippen molar-refractivity contribution in [3.63, 3.8) is 0 Å². The third-order valence-electron chi connectivity index (χ3n) is 3.83. The average Bonchev–Trinajstić information content (AvgIpc) is 2.45. The van der Waals surface area contributed by atoms with Crippen LogP contribution >= 0.6 is 0 Å². The zero-order chi connectivity index (χ0) is 15.0. The molecule has 0 atom stereocenters. The van der Waals surface area contributed by atoms with Gasteiger partial charge >= 0.3 is 0 Å². The lowest BCUT2D eigenvalue weighted by atomic mass is 9.94. The van der Waals surface area contributed by atoms with Crippen molar-refractivity contribution < 1.29 is 0 Å². The van der Waals surface area contributed by atoms with E-state index in [9.17, 15) is 0 Å². The Balaban J connectivity index is 2.60. The van der Waals surface area contributed by atoms with Crippen molar-refractivity contribution in [1.29, 1.82) is 0 Å². The number of hydrogen-bond donors (Lipinski definition) is 1. The van der Waals surface area contributed by atoms with Crippen molar-refractivity contribution in [1.82, 2.24) is 10.2 Å². The van der Waals surface area contributed by atoms with Gasteiger partial charge in [0.15, 0.2) is 0 Å². The molecule has 3 heteroatoms. The highest BCUT2D eigenvalue weighted by Crippen LogP contribution is 2.20. The second-order valence-electron chi connectivity index (χ2n) is 5.61. The summed E-state index contributed by atoms with van der Waals surface area (Å²) in [5.74, 6) is 0.849. The highest BCUT2D eigenvalue weighted by atomic mass is 15.1. The van der Waals surface area contributed by atoms with Crippen LogP contribution in [0.15, 0.2) is 40.7 Å². The highest BCUT2D eigenvalue weighted by Gasteiger charge is 2.15. The minimum Gasteiger partial charge on any atom is -0.373 e. The molecule has 20 heavy (non-hydrogen) atoms. The van der Waals surface area contributed by atoms with Crippen LogP contribution in [0.5, 0.6) is 0 Å². The third kappa shape index (κ3) is 5.33. The molecule has 0 aromatic heterocycles. The van der Waals surface area contributed by atoms with Gasteiger partial charge in [-0.05, 0) is 64.9 Å². The number of rotatable bonds is 7. The zero-order valence-corrected chi connectivity index (χ0v) is 13.3. The Morgan fingerprint density at radius 2 is 2.05 bits per heavy atom. The molecule has 3 nitrogen and oxygen atoms in total. The van der Waals surface area contributed by atoms with E-state index in [1.165, 1.54) is 32.4 Å². The molecule has 0 spiro atoms. The van der Waals surface area contributed by atoms with E-state index in [0.29, 0.717) is 0 Å². The molecule has 1 fully saturated rings. The van der Waals surface area contributed by atoms with E-state index in [4.69, 9.17) is 0 Å². The smallest absolute Gasteiger partial charge is 0.0854 e. The maximum Gasteiger partial charge on any atom is 0.0854 e. The normalized spacial score (nSPS) is 17.9. The Bertz CT molecular complexity index is 387. The first-order valence-corrected chi connectivity index (χ1v) is 7.51. The molecule has 1 aliphatic heterocycles. The van der Waals surface area contributed by atoms with Gasteiger partial charge in [-0.25, -0.2) is 0 Å². The lowest BCUT2D eigenvalue weighted by molar-refractivity contribution is 0.305. The molecule has 1 aliphatic rings. The molecule has 0 saturated carbocycles. The molecular weight excluding hydrogens is 246 g/mol. The summed E-state index contributed by atoms with van der Waals surface area (Å²) in [5.41, 5.74) is 3.04. The van der Waals surface area contributed by atoms with Crippen molar-refractivity contribution in [3.05, 3.63) is 35.7 Å². The molecule has 0 aromatic rings. The van der Waals surface area contributed by atoms with E-state index >= 15 is 0 Å². The Labute approximate surface area is 124 Å². The molecule has 1 N–H and O–H groups in total. The first kappa shape index (κ1) is 16.7. The van der Waals surface area contributed by atoms with Gasteiger partial charge in [0.05, 0.1) is 11.4 Å². The van der Waals surface area contributed by atoms with Gasteiger partial charge in [-0.15, -0.1) is 0 Å². The molecular formula is C17H29N3. The Hall–Kier alpha value is -1.35. The van der Waals surface area contributed by atoms with Crippen LogP contribution in [0, 0.1) is 5.92 Å². The summed E-state index contributed by atoms with van der Waals surface area (Å²) >= 11 is 0. The highest BCUT2D eigenvalue weighted by molar-refractivity contribution is 5.40. The number of hydrogen-bond acceptors (Lipinski definition) is 3. The predicted octanol–water partition coefficient (Wildman–Crippen LogP) is 3.37. The van der Waals surface area contributed by atoms with Crippen molar-refractivity contribution >= 4 is 6.72 Å². The van der Waals surface area contributed by atoms with Gasteiger partial charge in [-0.1, -0.05) is 18.2 Å². The van der Waals surface area contributed by atoms with E-state index in [-0.39, 0.29) is 0 Å². The number of nitrogens with one attached hydrogen (secondary N) is 1. The van der Waals surface area contributed by atoms with E-state index in [1.807, 2.05) is 19.9 Å². The maximum atomic E-state index is 4.15. The van der Waals surface area contributed by atoms with Gasteiger partial charge < -0.3 is 10.2 Å². The number of likely N-dealkylation sites (N-methyl/N-ethyl adjacent to an activating group) is 1. The number of nitrogens with zero attached hydrogens (tertiary/aromatic N) is 2. The molecule has 0 aliphatic carbocycles. The summed E-state index contributed by atoms with van der Waals surface area (Å²) in [6.07, 6.45) is 7.93. The van der Waals surface area contributed by atoms with E-state index < -0.39 is 0 Å². The van der Waals surface area contributed by atoms with Crippen molar-refractivity contribution in [2.75, 3.05) is 26.7 Å². The second kappa shape index (κ2) is 8.75. The van der Waals surface area contributed by atoms with Crippen LogP contribution < -0.4 is 5.32 Å². The molecule has 112 valence electrons. The molecule has 0 amide bonds. The average molecular weight is 275 g/mol. The van der Waals surface area contributed by atoms with Gasteiger partial charge in [0.2, 0.25) is 0 Å². The molecule has 1 saturated heterocycles. The van der Waals surface area contributed by atoms with E-state index in [2.05, 4.69) is 41.6 Å². The molecule has 0 radical (unpaired) electrons. The fourth-order valence-electron chi connectivity index (χ4n) is 2.66. The summed E-state index contributed by atoms with van der Waals surface area (Å²) in [7, 11) is 2.13. The van der Waals surface area contributed by atoms with Gasteiger partial charge in [0.25, 0.3) is 0 Å². The summed E-state index contributed by atoms with van der Waals surface area (Å²) in [6, 6.07) is 0. The fraction of sp³-hybridized carbons (Fsp3) is 0.588. The van der Waals surface area contributed by atoms with Gasteiger partial charge in [-0.3, -0.25) is 4.99 Å². The standard InChI is InChI=1S/C17H29N3/c1-6-17(16(18-4)13-14(2)3)20(5)12-9-15-7-10-19-11-8-15/h6,13,15,19H,2,4,7-12H2,1,3,5H3/b16-13+,17-6+. The SMILES string of the molecule is C=NC(=C/C(=C)C)/C(=C\C)N(C)CCC1CCNCC1. The van der Waals surface area contributed by atoms with Crippen LogP contribution in [-0.2, 0) is 0 Å². The summed E-state index contributed by atoms with van der Waals surface area (Å²) in [6.45, 7) is 15.0. The monoisotopic (exact) mass is 275 g/mol. The Kier molecular flexibility index (Phi) is 7.31. The predicted molar refractivity (Wildman–Crippen MR) is 89.0 cm³/mol. The number of piperidine rings is 1. The van der Waals surface area contributed by atoms with Gasteiger partial charge in [0, 0.05) is 13.6 Å². The van der Waals surface area contributed by atoms with Crippen LogP contribution in [0.4, 0.5) is 0 Å². The van der Waals surface area contributed by atoms with E-state index in [0.717, 1.165) is 29.4 Å². The first-order valence-electron chi connectivity index (χ1n) is 7.51. The molecule has 0 unspecified atom stereocenters. The van der Waals surface area contributed by atoms with Gasteiger partial charge in [0.1, 0.15) is 0 Å². The number of aliphatic imine (C=N–C) groups is 1. The zero-order valence-electron chi connectivity index (χ0n) is 13.3. The molecule has 0 bridgehead atoms. The number of allylic oxidation sites excluding steroid dienone is 3. The second-order valence-corrected chi connectivity index (χ2v) is 5.61. The Morgan fingerprint density at radius 3 is 2.55 bits per heavy atom. The topological polar surface area (TPSA) is 27.6 Å². The third-order valence-corrected chi connectivity index (χ3v) is 3.83. The summed E-state index contributed by atoms with van der Waals surface area (Å²) in [5, 5.41) is 3.42. The van der Waals surface area contributed by atoms with Crippen molar-refractivity contribution in [2.24, 2.45) is 10.9 Å². The lowest BCUT2D eigenvalue weighted by Crippen LogP contribution is -2.30. The van der Waals surface area contributed by atoms with Crippen molar-refractivity contribution in [2.45, 2.75) is 33.1 Å². The van der Waals surface area contributed by atoms with Crippen LogP contribution in [0.2, 0.25) is 0 Å². The summed E-state index contributed by atoms with van der Waals surface area (Å²) < 4.78 is 0. The van der Waals surface area contributed by atoms with Gasteiger partial charge in [-0.2, -0.15) is 0 Å². The van der Waals surface area contributed by atoms with E-state index in [1.54, 1.807) is 0 Å². The summed E-state index contributed by atoms with van der Waals surface area (Å²) in [4.78, 5) is 6.43. The minimum atomic E-state index is 0.849. The minimum absolute atomic E-state index is 0.849. The maximum absolute atomic E-state index is 4.15. The van der Waals surface area contributed by atoms with Crippen LogP contribution in [-0.4, -0.2) is 38.3 Å². The fourth-order valence-corrected chi connectivity index (χ4v) is 2.66. The van der Waals surface area contributed by atoms with Crippen LogP contribution in [0.1, 0.15) is 33.1 Å². The van der Waals surface area contributed by atoms with Crippen molar-refractivity contribution in [3.8, 4) is 0 Å². The molecule has 1 rings (SSSR count). The lowest BCUT2D eigenvalue weighted by Gasteiger charge is -2.27. The first-order chi connectivity index (χ1) is 9.58. The molecule has 0 aromatic carbocycles. The largest absolute Gasteiger partial charge is 0.373 e. The van der Waals surface area contributed by atoms with Crippen LogP contribution in [0.25, 0.3) is 0 Å². The van der Waals surface area contributed by atoms with Crippen LogP contribution in [0.3, 0.4) is 0 Å².